The van der Waals surface area contributed by atoms with E-state index in [2.05, 4.69) is 5.32 Å². The van der Waals surface area contributed by atoms with Gasteiger partial charge in [-0.05, 0) is 30.5 Å². The first-order chi connectivity index (χ1) is 14.0. The van der Waals surface area contributed by atoms with Crippen molar-refractivity contribution in [1.82, 2.24) is 10.2 Å². The molecule has 29 heavy (non-hydrogen) atoms. The highest BCUT2D eigenvalue weighted by atomic mass is 32.2. The standard InChI is InChI=1S/C22H22N2O3S2/c1-15(20(26)23-18(14-25)12-16-8-4-2-5-9-16)24-21(27)19(29-22(24)28)13-17-10-6-3-7-11-17/h2-11,13,15,18,25H,12,14H2,1H3,(H,23,26)/b19-13-/t15-,18+/m0/s1. The molecule has 0 unspecified atom stereocenters. The Kier molecular flexibility index (Phi) is 7.19. The van der Waals surface area contributed by atoms with E-state index in [9.17, 15) is 14.7 Å². The zero-order valence-corrected chi connectivity index (χ0v) is 17.6. The molecular formula is C22H22N2O3S2. The second-order valence-electron chi connectivity index (χ2n) is 6.72. The second-order valence-corrected chi connectivity index (χ2v) is 8.39. The molecule has 1 heterocycles. The van der Waals surface area contributed by atoms with Crippen molar-refractivity contribution in [2.75, 3.05) is 6.61 Å². The molecule has 0 radical (unpaired) electrons. The molecule has 7 heteroatoms. The normalized spacial score (nSPS) is 17.4. The van der Waals surface area contributed by atoms with E-state index in [0.717, 1.165) is 11.1 Å². The first kappa shape index (κ1) is 21.2. The Morgan fingerprint density at radius 3 is 2.41 bits per heavy atom. The van der Waals surface area contributed by atoms with Gasteiger partial charge in [0.15, 0.2) is 0 Å². The summed E-state index contributed by atoms with van der Waals surface area (Å²) in [5.41, 5.74) is 1.91. The number of nitrogens with one attached hydrogen (secondary N) is 1. The Hall–Kier alpha value is -2.48. The number of hydrogen-bond acceptors (Lipinski definition) is 5. The minimum atomic E-state index is -0.769. The third-order valence-electron chi connectivity index (χ3n) is 4.58. The van der Waals surface area contributed by atoms with Crippen LogP contribution >= 0.6 is 24.0 Å². The predicted octanol–water partition coefficient (Wildman–Crippen LogP) is 3.00. The summed E-state index contributed by atoms with van der Waals surface area (Å²) < 4.78 is 0.350. The highest BCUT2D eigenvalue weighted by Crippen LogP contribution is 2.34. The highest BCUT2D eigenvalue weighted by Gasteiger charge is 2.38. The first-order valence-electron chi connectivity index (χ1n) is 9.27. The largest absolute Gasteiger partial charge is 0.394 e. The number of carbonyl (C=O) groups is 2. The summed E-state index contributed by atoms with van der Waals surface area (Å²) in [6.07, 6.45) is 2.28. The number of rotatable bonds is 7. The fourth-order valence-corrected chi connectivity index (χ4v) is 4.43. The van der Waals surface area contributed by atoms with E-state index in [0.29, 0.717) is 15.6 Å². The molecular weight excluding hydrogens is 404 g/mol. The zero-order valence-electron chi connectivity index (χ0n) is 15.9. The number of nitrogens with zero attached hydrogens (tertiary/aromatic N) is 1. The van der Waals surface area contributed by atoms with E-state index in [1.54, 1.807) is 13.0 Å². The molecule has 2 amide bonds. The molecule has 150 valence electrons. The van der Waals surface area contributed by atoms with E-state index in [1.807, 2.05) is 60.7 Å². The monoisotopic (exact) mass is 426 g/mol. The summed E-state index contributed by atoms with van der Waals surface area (Å²) in [6.45, 7) is 1.45. The molecule has 2 N–H and O–H groups in total. The van der Waals surface area contributed by atoms with Gasteiger partial charge in [0.2, 0.25) is 5.91 Å². The van der Waals surface area contributed by atoms with Gasteiger partial charge in [-0.1, -0.05) is 84.6 Å². The SMILES string of the molecule is C[C@@H](C(=O)N[C@@H](CO)Cc1ccccc1)N1C(=O)/C(=C/c2ccccc2)SC1=S. The van der Waals surface area contributed by atoms with Crippen LogP contribution in [0.4, 0.5) is 0 Å². The fourth-order valence-electron chi connectivity index (χ4n) is 3.01. The van der Waals surface area contributed by atoms with Gasteiger partial charge >= 0.3 is 0 Å². The molecule has 0 aromatic heterocycles. The molecule has 0 aliphatic carbocycles. The molecule has 1 saturated heterocycles. The summed E-state index contributed by atoms with van der Waals surface area (Å²) in [5, 5.41) is 12.5. The van der Waals surface area contributed by atoms with Gasteiger partial charge in [-0.2, -0.15) is 0 Å². The van der Waals surface area contributed by atoms with Crippen molar-refractivity contribution in [1.29, 1.82) is 0 Å². The van der Waals surface area contributed by atoms with Crippen LogP contribution in [0.25, 0.3) is 6.08 Å². The van der Waals surface area contributed by atoms with Crippen molar-refractivity contribution >= 4 is 46.2 Å². The Bertz CT molecular complexity index is 916. The van der Waals surface area contributed by atoms with Crippen molar-refractivity contribution in [2.45, 2.75) is 25.4 Å². The van der Waals surface area contributed by atoms with Crippen LogP contribution < -0.4 is 5.32 Å². The van der Waals surface area contributed by atoms with Crippen LogP contribution in [0, 0.1) is 0 Å². The van der Waals surface area contributed by atoms with Crippen molar-refractivity contribution in [3.63, 3.8) is 0 Å². The molecule has 1 fully saturated rings. The smallest absolute Gasteiger partial charge is 0.266 e. The van der Waals surface area contributed by atoms with Crippen LogP contribution in [0.2, 0.25) is 0 Å². The van der Waals surface area contributed by atoms with E-state index in [-0.39, 0.29) is 18.4 Å². The highest BCUT2D eigenvalue weighted by molar-refractivity contribution is 8.26. The number of thiocarbonyl (C=S) groups is 1. The number of benzene rings is 2. The number of aliphatic hydroxyl groups is 1. The van der Waals surface area contributed by atoms with Gasteiger partial charge in [-0.15, -0.1) is 0 Å². The number of aliphatic hydroxyl groups excluding tert-OH is 1. The maximum atomic E-state index is 12.8. The minimum Gasteiger partial charge on any atom is -0.394 e. The third kappa shape index (κ3) is 5.32. The molecule has 2 aromatic carbocycles. The summed E-state index contributed by atoms with van der Waals surface area (Å²) in [4.78, 5) is 27.4. The van der Waals surface area contributed by atoms with Crippen LogP contribution in [-0.4, -0.2) is 44.8 Å². The maximum Gasteiger partial charge on any atom is 0.266 e. The number of hydrogen-bond donors (Lipinski definition) is 2. The van der Waals surface area contributed by atoms with Gasteiger partial charge in [-0.25, -0.2) is 0 Å². The maximum absolute atomic E-state index is 12.8. The van der Waals surface area contributed by atoms with Gasteiger partial charge in [0.1, 0.15) is 10.4 Å². The van der Waals surface area contributed by atoms with Crippen molar-refractivity contribution in [2.24, 2.45) is 0 Å². The van der Waals surface area contributed by atoms with E-state index in [1.165, 1.54) is 16.7 Å². The quantitative estimate of drug-likeness (QED) is 0.526. The van der Waals surface area contributed by atoms with Crippen molar-refractivity contribution < 1.29 is 14.7 Å². The Morgan fingerprint density at radius 1 is 1.17 bits per heavy atom. The first-order valence-corrected chi connectivity index (χ1v) is 10.5. The van der Waals surface area contributed by atoms with Gasteiger partial charge in [-0.3, -0.25) is 14.5 Å². The fraction of sp³-hybridized carbons (Fsp3) is 0.227. The molecule has 2 aromatic rings. The molecule has 5 nitrogen and oxygen atoms in total. The number of amides is 2. The van der Waals surface area contributed by atoms with Crippen LogP contribution in [0.1, 0.15) is 18.1 Å². The van der Waals surface area contributed by atoms with Crippen LogP contribution in [0.5, 0.6) is 0 Å². The molecule has 3 rings (SSSR count). The van der Waals surface area contributed by atoms with Gasteiger partial charge in [0.25, 0.3) is 5.91 Å². The molecule has 0 spiro atoms. The average molecular weight is 427 g/mol. The molecule has 0 saturated carbocycles. The van der Waals surface area contributed by atoms with E-state index in [4.69, 9.17) is 12.2 Å². The minimum absolute atomic E-state index is 0.195. The summed E-state index contributed by atoms with van der Waals surface area (Å²) >= 11 is 6.54. The van der Waals surface area contributed by atoms with Crippen LogP contribution in [0.3, 0.4) is 0 Å². The Balaban J connectivity index is 1.67. The third-order valence-corrected chi connectivity index (χ3v) is 5.91. The number of thioether (sulfide) groups is 1. The van der Waals surface area contributed by atoms with Gasteiger partial charge in [0.05, 0.1) is 17.6 Å². The van der Waals surface area contributed by atoms with E-state index >= 15 is 0 Å². The Labute approximate surface area is 179 Å². The lowest BCUT2D eigenvalue weighted by molar-refractivity contribution is -0.132. The van der Waals surface area contributed by atoms with Crippen LogP contribution in [-0.2, 0) is 16.0 Å². The Morgan fingerprint density at radius 2 is 1.79 bits per heavy atom. The predicted molar refractivity (Wildman–Crippen MR) is 120 cm³/mol. The van der Waals surface area contributed by atoms with Gasteiger partial charge < -0.3 is 10.4 Å². The summed E-state index contributed by atoms with van der Waals surface area (Å²) in [7, 11) is 0. The van der Waals surface area contributed by atoms with Gasteiger partial charge in [0, 0.05) is 0 Å². The lowest BCUT2D eigenvalue weighted by Gasteiger charge is -2.25. The summed E-state index contributed by atoms with van der Waals surface area (Å²) in [5.74, 6) is -0.632. The molecule has 1 aliphatic heterocycles. The van der Waals surface area contributed by atoms with E-state index < -0.39 is 12.1 Å². The second kappa shape index (κ2) is 9.82. The number of carbonyl (C=O) groups excluding carboxylic acids is 2. The molecule has 1 aliphatic rings. The van der Waals surface area contributed by atoms with Crippen molar-refractivity contribution in [3.05, 3.63) is 76.7 Å². The molecule has 2 atom stereocenters. The lowest BCUT2D eigenvalue weighted by atomic mass is 10.1. The topological polar surface area (TPSA) is 69.6 Å². The van der Waals surface area contributed by atoms with Crippen LogP contribution in [0.15, 0.2) is 65.6 Å². The summed E-state index contributed by atoms with van der Waals surface area (Å²) in [6, 6.07) is 17.9. The average Bonchev–Trinajstić information content (AvgIpc) is 3.01. The lowest BCUT2D eigenvalue weighted by Crippen LogP contribution is -2.51. The van der Waals surface area contributed by atoms with Crippen molar-refractivity contribution in [3.8, 4) is 0 Å². The molecule has 0 bridgehead atoms. The zero-order chi connectivity index (χ0) is 20.8.